The second kappa shape index (κ2) is 6.68. The molecule has 2 aromatic rings. The van der Waals surface area contributed by atoms with E-state index in [1.165, 1.54) is 4.80 Å². The van der Waals surface area contributed by atoms with Crippen LogP contribution < -0.4 is 5.32 Å². The molecular formula is C16H19ClN4O2. The Balaban J connectivity index is 1.74. The summed E-state index contributed by atoms with van der Waals surface area (Å²) in [6.07, 6.45) is 2.77. The van der Waals surface area contributed by atoms with Gasteiger partial charge in [-0.1, -0.05) is 17.7 Å². The highest BCUT2D eigenvalue weighted by Gasteiger charge is 2.23. The number of hydrogen-bond acceptors (Lipinski definition) is 4. The highest BCUT2D eigenvalue weighted by Crippen LogP contribution is 2.19. The minimum atomic E-state index is -0.242. The van der Waals surface area contributed by atoms with E-state index in [0.717, 1.165) is 25.7 Å². The van der Waals surface area contributed by atoms with Gasteiger partial charge in [0.05, 0.1) is 17.5 Å². The lowest BCUT2D eigenvalue weighted by molar-refractivity contribution is 0.0862. The number of carbonyl (C=O) groups excluding carboxylic acids is 1. The Labute approximate surface area is 139 Å². The largest absolute Gasteiger partial charge is 0.393 e. The number of halogens is 1. The van der Waals surface area contributed by atoms with Gasteiger partial charge in [-0.05, 0) is 50.8 Å². The van der Waals surface area contributed by atoms with Crippen LogP contribution in [0.2, 0.25) is 5.02 Å². The predicted molar refractivity (Wildman–Crippen MR) is 86.8 cm³/mol. The van der Waals surface area contributed by atoms with Crippen molar-refractivity contribution < 1.29 is 9.90 Å². The summed E-state index contributed by atoms with van der Waals surface area (Å²) in [7, 11) is 0. The van der Waals surface area contributed by atoms with Crippen LogP contribution in [0, 0.1) is 6.92 Å². The third-order valence-corrected chi connectivity index (χ3v) is 4.30. The fraction of sp³-hybridized carbons (Fsp3) is 0.438. The van der Waals surface area contributed by atoms with Crippen LogP contribution >= 0.6 is 11.6 Å². The van der Waals surface area contributed by atoms with E-state index >= 15 is 0 Å². The van der Waals surface area contributed by atoms with Gasteiger partial charge in [0.25, 0.3) is 5.91 Å². The maximum atomic E-state index is 12.4. The van der Waals surface area contributed by atoms with E-state index in [2.05, 4.69) is 15.5 Å². The number of nitrogens with zero attached hydrogens (tertiary/aromatic N) is 3. The predicted octanol–water partition coefficient (Wildman–Crippen LogP) is 2.26. The van der Waals surface area contributed by atoms with E-state index < -0.39 is 0 Å². The second-order valence-electron chi connectivity index (χ2n) is 5.88. The van der Waals surface area contributed by atoms with Crippen LogP contribution in [0.15, 0.2) is 24.3 Å². The van der Waals surface area contributed by atoms with Gasteiger partial charge in [-0.3, -0.25) is 4.79 Å². The zero-order valence-electron chi connectivity index (χ0n) is 12.9. The molecule has 0 spiro atoms. The third-order valence-electron chi connectivity index (χ3n) is 4.07. The fourth-order valence-electron chi connectivity index (χ4n) is 2.78. The average molecular weight is 335 g/mol. The van der Waals surface area contributed by atoms with Gasteiger partial charge in [0.15, 0.2) is 5.69 Å². The van der Waals surface area contributed by atoms with Crippen molar-refractivity contribution in [1.82, 2.24) is 20.3 Å². The highest BCUT2D eigenvalue weighted by molar-refractivity contribution is 6.30. The van der Waals surface area contributed by atoms with Crippen LogP contribution in [0.25, 0.3) is 5.69 Å². The second-order valence-corrected chi connectivity index (χ2v) is 6.32. The quantitative estimate of drug-likeness (QED) is 0.902. The first-order chi connectivity index (χ1) is 11.0. The molecule has 1 fully saturated rings. The molecule has 2 N–H and O–H groups in total. The third kappa shape index (κ3) is 3.71. The Morgan fingerprint density at radius 3 is 2.74 bits per heavy atom. The molecule has 1 amide bonds. The van der Waals surface area contributed by atoms with Crippen molar-refractivity contribution in [3.05, 3.63) is 40.7 Å². The SMILES string of the molecule is Cc1nn(-c2cccc(Cl)c2)nc1C(=O)NC1CCC(O)CC1. The molecule has 1 saturated carbocycles. The molecule has 1 heterocycles. The Morgan fingerprint density at radius 1 is 1.30 bits per heavy atom. The Bertz CT molecular complexity index is 708. The molecule has 0 radical (unpaired) electrons. The molecule has 1 aromatic heterocycles. The number of aliphatic hydroxyl groups is 1. The monoisotopic (exact) mass is 334 g/mol. The lowest BCUT2D eigenvalue weighted by Gasteiger charge is -2.25. The van der Waals surface area contributed by atoms with Gasteiger partial charge >= 0.3 is 0 Å². The number of aliphatic hydroxyl groups excluding tert-OH is 1. The molecular weight excluding hydrogens is 316 g/mol. The van der Waals surface area contributed by atoms with E-state index in [-0.39, 0.29) is 18.1 Å². The number of benzene rings is 1. The number of rotatable bonds is 3. The summed E-state index contributed by atoms with van der Waals surface area (Å²) in [6, 6.07) is 7.23. The first-order valence-corrected chi connectivity index (χ1v) is 8.09. The molecule has 0 saturated heterocycles. The van der Waals surface area contributed by atoms with Crippen molar-refractivity contribution in [2.24, 2.45) is 0 Å². The molecule has 0 atom stereocenters. The number of aryl methyl sites for hydroxylation is 1. The van der Waals surface area contributed by atoms with Crippen LogP contribution in [0.4, 0.5) is 0 Å². The summed E-state index contributed by atoms with van der Waals surface area (Å²) < 4.78 is 0. The van der Waals surface area contributed by atoms with Gasteiger partial charge in [-0.15, -0.1) is 5.10 Å². The molecule has 6 nitrogen and oxygen atoms in total. The normalized spacial score (nSPS) is 21.2. The lowest BCUT2D eigenvalue weighted by atomic mass is 9.93. The van der Waals surface area contributed by atoms with Crippen molar-refractivity contribution in [2.45, 2.75) is 44.8 Å². The van der Waals surface area contributed by atoms with Crippen molar-refractivity contribution >= 4 is 17.5 Å². The topological polar surface area (TPSA) is 80.0 Å². The molecule has 7 heteroatoms. The smallest absolute Gasteiger partial charge is 0.273 e. The first-order valence-electron chi connectivity index (χ1n) is 7.72. The van der Waals surface area contributed by atoms with Gasteiger partial charge in [-0.25, -0.2) is 0 Å². The Kier molecular flexibility index (Phi) is 4.63. The van der Waals surface area contributed by atoms with Crippen LogP contribution in [-0.4, -0.2) is 38.2 Å². The van der Waals surface area contributed by atoms with Crippen molar-refractivity contribution in [3.63, 3.8) is 0 Å². The van der Waals surface area contributed by atoms with Crippen LogP contribution in [-0.2, 0) is 0 Å². The molecule has 122 valence electrons. The lowest BCUT2D eigenvalue weighted by Crippen LogP contribution is -2.39. The molecule has 3 rings (SSSR count). The fourth-order valence-corrected chi connectivity index (χ4v) is 2.96. The van der Waals surface area contributed by atoms with E-state index in [0.29, 0.717) is 22.1 Å². The molecule has 1 aliphatic rings. The van der Waals surface area contributed by atoms with Crippen molar-refractivity contribution in [1.29, 1.82) is 0 Å². The van der Waals surface area contributed by atoms with Crippen LogP contribution in [0.1, 0.15) is 41.9 Å². The number of hydrogen-bond donors (Lipinski definition) is 2. The molecule has 0 unspecified atom stereocenters. The van der Waals surface area contributed by atoms with Gasteiger partial charge in [0, 0.05) is 11.1 Å². The van der Waals surface area contributed by atoms with Gasteiger partial charge in [0.2, 0.25) is 0 Å². The van der Waals surface area contributed by atoms with Crippen LogP contribution in [0.5, 0.6) is 0 Å². The number of aromatic nitrogens is 3. The van der Waals surface area contributed by atoms with Gasteiger partial charge in [-0.2, -0.15) is 9.90 Å². The maximum Gasteiger partial charge on any atom is 0.273 e. The maximum absolute atomic E-state index is 12.4. The first kappa shape index (κ1) is 16.0. The van der Waals surface area contributed by atoms with Crippen molar-refractivity contribution in [2.75, 3.05) is 0 Å². The van der Waals surface area contributed by atoms with Gasteiger partial charge in [0.1, 0.15) is 0 Å². The van der Waals surface area contributed by atoms with Crippen LogP contribution in [0.3, 0.4) is 0 Å². The van der Waals surface area contributed by atoms with E-state index in [9.17, 15) is 9.90 Å². The molecule has 0 aliphatic heterocycles. The Hall–Kier alpha value is -1.92. The molecule has 1 aliphatic carbocycles. The number of carbonyl (C=O) groups is 1. The van der Waals surface area contributed by atoms with Gasteiger partial charge < -0.3 is 10.4 Å². The van der Waals surface area contributed by atoms with Crippen molar-refractivity contribution in [3.8, 4) is 5.69 Å². The summed E-state index contributed by atoms with van der Waals surface area (Å²) in [5.74, 6) is -0.225. The summed E-state index contributed by atoms with van der Waals surface area (Å²) in [5, 5.41) is 21.7. The highest BCUT2D eigenvalue weighted by atomic mass is 35.5. The van der Waals surface area contributed by atoms with E-state index in [1.54, 1.807) is 19.1 Å². The standard InChI is InChI=1S/C16H19ClN4O2/c1-10-15(16(23)18-12-5-7-14(22)8-6-12)20-21(19-10)13-4-2-3-11(17)9-13/h2-4,9,12,14,22H,5-8H2,1H3,(H,18,23). The minimum Gasteiger partial charge on any atom is -0.393 e. The summed E-state index contributed by atoms with van der Waals surface area (Å²) in [4.78, 5) is 13.8. The van der Waals surface area contributed by atoms with E-state index in [1.807, 2.05) is 12.1 Å². The Morgan fingerprint density at radius 2 is 2.04 bits per heavy atom. The zero-order valence-corrected chi connectivity index (χ0v) is 13.6. The minimum absolute atomic E-state index is 0.0848. The number of amides is 1. The summed E-state index contributed by atoms with van der Waals surface area (Å²) in [5.41, 5.74) is 1.59. The molecule has 23 heavy (non-hydrogen) atoms. The summed E-state index contributed by atoms with van der Waals surface area (Å²) >= 11 is 5.98. The average Bonchev–Trinajstić information content (AvgIpc) is 2.92. The molecule has 0 bridgehead atoms. The zero-order chi connectivity index (χ0) is 16.4. The summed E-state index contributed by atoms with van der Waals surface area (Å²) in [6.45, 7) is 1.76. The number of nitrogens with one attached hydrogen (secondary N) is 1. The van der Waals surface area contributed by atoms with E-state index in [4.69, 9.17) is 11.6 Å². The molecule has 1 aromatic carbocycles.